The summed E-state index contributed by atoms with van der Waals surface area (Å²) in [5.41, 5.74) is 2.33. The molecule has 0 spiro atoms. The Morgan fingerprint density at radius 3 is 2.22 bits per heavy atom. The highest BCUT2D eigenvalue weighted by Gasteiger charge is 2.20. The van der Waals surface area contributed by atoms with Crippen LogP contribution in [0, 0.1) is 35.0 Å². The summed E-state index contributed by atoms with van der Waals surface area (Å²) in [7, 11) is 0. The highest BCUT2D eigenvalue weighted by molar-refractivity contribution is 5.39. The number of unbranched alkanes of at least 4 members (excludes halogenated alkanes) is 2. The Balaban J connectivity index is 1.68. The second-order valence-electron chi connectivity index (χ2n) is 6.98. The molecule has 1 saturated carbocycles. The van der Waals surface area contributed by atoms with Crippen molar-refractivity contribution in [3.8, 4) is 17.9 Å². The summed E-state index contributed by atoms with van der Waals surface area (Å²) in [6.45, 7) is 2.29. The van der Waals surface area contributed by atoms with E-state index in [9.17, 15) is 0 Å². The Hall–Kier alpha value is -1.73. The topological polar surface area (TPSA) is 23.8 Å². The normalized spacial score (nSPS) is 20.3. The van der Waals surface area contributed by atoms with Crippen molar-refractivity contribution in [1.29, 1.82) is 5.26 Å². The van der Waals surface area contributed by atoms with Gasteiger partial charge in [-0.15, -0.1) is 0 Å². The summed E-state index contributed by atoms with van der Waals surface area (Å²) in [4.78, 5) is 0. The Morgan fingerprint density at radius 2 is 1.61 bits per heavy atom. The molecule has 1 aliphatic rings. The molecule has 0 aliphatic heterocycles. The van der Waals surface area contributed by atoms with Gasteiger partial charge in [0.2, 0.25) is 0 Å². The van der Waals surface area contributed by atoms with Crippen LogP contribution in [-0.2, 0) is 6.42 Å². The molecule has 0 heterocycles. The van der Waals surface area contributed by atoms with Crippen molar-refractivity contribution >= 4 is 0 Å². The predicted molar refractivity (Wildman–Crippen MR) is 96.8 cm³/mol. The molecule has 0 aromatic heterocycles. The maximum atomic E-state index is 8.47. The minimum atomic E-state index is 0.926. The first-order chi connectivity index (χ1) is 11.3. The van der Waals surface area contributed by atoms with Crippen LogP contribution in [0.4, 0.5) is 0 Å². The lowest BCUT2D eigenvalue weighted by Gasteiger charge is -2.28. The second-order valence-corrected chi connectivity index (χ2v) is 6.98. The number of hydrogen-bond donors (Lipinski definition) is 0. The summed E-state index contributed by atoms with van der Waals surface area (Å²) in [6, 6.07) is 10.3. The second kappa shape index (κ2) is 10.1. The van der Waals surface area contributed by atoms with E-state index in [1.165, 1.54) is 69.8 Å². The van der Waals surface area contributed by atoms with Crippen LogP contribution in [0.5, 0.6) is 0 Å². The van der Waals surface area contributed by atoms with Gasteiger partial charge in [0, 0.05) is 11.5 Å². The van der Waals surface area contributed by atoms with Crippen LogP contribution in [0.25, 0.3) is 0 Å². The third-order valence-corrected chi connectivity index (χ3v) is 5.24. The highest BCUT2D eigenvalue weighted by atomic mass is 14.3. The zero-order chi connectivity index (χ0) is 16.3. The first-order valence-corrected chi connectivity index (χ1v) is 9.31. The van der Waals surface area contributed by atoms with Crippen molar-refractivity contribution in [1.82, 2.24) is 0 Å². The van der Waals surface area contributed by atoms with Gasteiger partial charge in [0.05, 0.1) is 0 Å². The molecule has 0 saturated heterocycles. The molecule has 1 nitrogen and oxygen atoms in total. The third-order valence-electron chi connectivity index (χ3n) is 5.24. The first kappa shape index (κ1) is 17.6. The SMILES string of the molecule is CCCCCC1CCC(CCc2ccc(C#CC#N)cc2)CC1. The summed E-state index contributed by atoms with van der Waals surface area (Å²) in [5, 5.41) is 8.47. The van der Waals surface area contributed by atoms with E-state index < -0.39 is 0 Å². The van der Waals surface area contributed by atoms with Gasteiger partial charge in [0.25, 0.3) is 0 Å². The smallest absolute Gasteiger partial charge is 0.152 e. The standard InChI is InChI=1S/C22H29N/c1-2-3-4-6-19-8-12-21(13-9-19)16-17-22-14-10-20(11-15-22)7-5-18-23/h10-11,14-15,19,21H,2-4,6,8-9,12-13,16-17H2,1H3. The fourth-order valence-electron chi connectivity index (χ4n) is 3.72. The van der Waals surface area contributed by atoms with Crippen molar-refractivity contribution in [3.63, 3.8) is 0 Å². The fraction of sp³-hybridized carbons (Fsp3) is 0.591. The lowest BCUT2D eigenvalue weighted by atomic mass is 9.78. The van der Waals surface area contributed by atoms with Gasteiger partial charge in [0.1, 0.15) is 0 Å². The lowest BCUT2D eigenvalue weighted by Crippen LogP contribution is -2.15. The number of nitriles is 1. The van der Waals surface area contributed by atoms with E-state index in [4.69, 9.17) is 5.26 Å². The Morgan fingerprint density at radius 1 is 0.957 bits per heavy atom. The molecule has 2 rings (SSSR count). The molecular weight excluding hydrogens is 278 g/mol. The average Bonchev–Trinajstić information content (AvgIpc) is 2.60. The van der Waals surface area contributed by atoms with Crippen molar-refractivity contribution in [2.24, 2.45) is 11.8 Å². The minimum Gasteiger partial charge on any atom is -0.183 e. The van der Waals surface area contributed by atoms with Gasteiger partial charge in [-0.2, -0.15) is 5.26 Å². The average molecular weight is 307 g/mol. The number of aryl methyl sites for hydroxylation is 1. The Kier molecular flexibility index (Phi) is 7.75. The van der Waals surface area contributed by atoms with Crippen LogP contribution in [-0.4, -0.2) is 0 Å². The van der Waals surface area contributed by atoms with E-state index in [1.807, 2.05) is 18.2 Å². The van der Waals surface area contributed by atoms with Gasteiger partial charge in [-0.25, -0.2) is 0 Å². The molecule has 23 heavy (non-hydrogen) atoms. The highest BCUT2D eigenvalue weighted by Crippen LogP contribution is 2.34. The van der Waals surface area contributed by atoms with Gasteiger partial charge >= 0.3 is 0 Å². The monoisotopic (exact) mass is 307 g/mol. The Bertz CT molecular complexity index is 544. The van der Waals surface area contributed by atoms with E-state index in [-0.39, 0.29) is 0 Å². The van der Waals surface area contributed by atoms with Crippen LogP contribution in [0.2, 0.25) is 0 Å². The molecule has 0 bridgehead atoms. The Labute approximate surface area is 142 Å². The predicted octanol–water partition coefficient (Wildman–Crippen LogP) is 5.88. The summed E-state index contributed by atoms with van der Waals surface area (Å²) < 4.78 is 0. The molecule has 0 amide bonds. The maximum absolute atomic E-state index is 8.47. The van der Waals surface area contributed by atoms with E-state index in [0.717, 1.165) is 17.4 Å². The van der Waals surface area contributed by atoms with Crippen molar-refractivity contribution < 1.29 is 0 Å². The summed E-state index contributed by atoms with van der Waals surface area (Å²) in [5.74, 6) is 7.22. The molecule has 1 heteroatoms. The van der Waals surface area contributed by atoms with Gasteiger partial charge < -0.3 is 0 Å². The largest absolute Gasteiger partial charge is 0.183 e. The van der Waals surface area contributed by atoms with Crippen molar-refractivity contribution in [3.05, 3.63) is 35.4 Å². The molecule has 122 valence electrons. The lowest BCUT2D eigenvalue weighted by molar-refractivity contribution is 0.249. The van der Waals surface area contributed by atoms with Crippen LogP contribution < -0.4 is 0 Å². The third kappa shape index (κ3) is 6.50. The van der Waals surface area contributed by atoms with Crippen LogP contribution in [0.15, 0.2) is 24.3 Å². The van der Waals surface area contributed by atoms with Gasteiger partial charge in [0.15, 0.2) is 6.07 Å². The van der Waals surface area contributed by atoms with Gasteiger partial charge in [-0.1, -0.05) is 76.3 Å². The number of nitrogens with zero attached hydrogens (tertiary/aromatic N) is 1. The van der Waals surface area contributed by atoms with Gasteiger partial charge in [-0.3, -0.25) is 0 Å². The number of rotatable bonds is 7. The number of benzene rings is 1. The molecule has 1 aromatic carbocycles. The fourth-order valence-corrected chi connectivity index (χ4v) is 3.72. The zero-order valence-corrected chi connectivity index (χ0v) is 14.5. The molecule has 1 aromatic rings. The zero-order valence-electron chi connectivity index (χ0n) is 14.5. The molecule has 0 N–H and O–H groups in total. The van der Waals surface area contributed by atoms with Gasteiger partial charge in [-0.05, 0) is 42.4 Å². The molecular formula is C22H29N. The molecule has 1 fully saturated rings. The molecule has 1 aliphatic carbocycles. The van der Waals surface area contributed by atoms with E-state index in [1.54, 1.807) is 0 Å². The van der Waals surface area contributed by atoms with Crippen LogP contribution in [0.1, 0.15) is 75.8 Å². The van der Waals surface area contributed by atoms with Crippen LogP contribution >= 0.6 is 0 Å². The van der Waals surface area contributed by atoms with E-state index in [2.05, 4.69) is 30.9 Å². The first-order valence-electron chi connectivity index (χ1n) is 9.31. The summed E-state index contributed by atoms with van der Waals surface area (Å²) in [6.07, 6.45) is 13.9. The number of hydrogen-bond acceptors (Lipinski definition) is 1. The molecule has 0 unspecified atom stereocenters. The van der Waals surface area contributed by atoms with Crippen LogP contribution in [0.3, 0.4) is 0 Å². The minimum absolute atomic E-state index is 0.926. The molecule has 0 radical (unpaired) electrons. The quantitative estimate of drug-likeness (QED) is 0.456. The summed E-state index contributed by atoms with van der Waals surface area (Å²) >= 11 is 0. The maximum Gasteiger partial charge on any atom is 0.152 e. The van der Waals surface area contributed by atoms with E-state index >= 15 is 0 Å². The van der Waals surface area contributed by atoms with Crippen molar-refractivity contribution in [2.75, 3.05) is 0 Å². The molecule has 0 atom stereocenters. The van der Waals surface area contributed by atoms with Crippen molar-refractivity contribution in [2.45, 2.75) is 71.1 Å². The van der Waals surface area contributed by atoms with E-state index in [0.29, 0.717) is 0 Å².